The number of esters is 1. The number of carbonyl (C=O) groups excluding carboxylic acids is 1. The van der Waals surface area contributed by atoms with Crippen molar-refractivity contribution >= 4 is 28.3 Å². The molecule has 1 unspecified atom stereocenters. The Bertz CT molecular complexity index is 1630. The van der Waals surface area contributed by atoms with E-state index in [1.54, 1.807) is 19.9 Å². The Hall–Kier alpha value is -3.65. The number of rotatable bonds is 9. The van der Waals surface area contributed by atoms with Crippen molar-refractivity contribution in [3.05, 3.63) is 81.7 Å². The second kappa shape index (κ2) is 11.6. The summed E-state index contributed by atoms with van der Waals surface area (Å²) in [5, 5.41) is 11.0. The molecule has 2 N–H and O–H groups in total. The molecule has 10 heteroatoms. The number of hydrogen-bond donors (Lipinski definition) is 1. The van der Waals surface area contributed by atoms with E-state index in [2.05, 4.69) is 16.8 Å². The van der Waals surface area contributed by atoms with Crippen LogP contribution in [0.5, 0.6) is 0 Å². The molecule has 0 radical (unpaired) electrons. The van der Waals surface area contributed by atoms with Crippen molar-refractivity contribution < 1.29 is 18.1 Å². The van der Waals surface area contributed by atoms with Gasteiger partial charge in [-0.2, -0.15) is 5.10 Å². The van der Waals surface area contributed by atoms with E-state index >= 15 is 0 Å². The van der Waals surface area contributed by atoms with E-state index in [0.29, 0.717) is 27.9 Å². The van der Waals surface area contributed by atoms with Crippen LogP contribution in [0.1, 0.15) is 58.7 Å². The highest BCUT2D eigenvalue weighted by atomic mass is 32.2. The topological polar surface area (TPSA) is 100 Å². The number of nitrogens with two attached hydrogens (primary N) is 1. The molecule has 2 aromatic carbocycles. The zero-order valence-corrected chi connectivity index (χ0v) is 23.3. The first-order valence-corrected chi connectivity index (χ1v) is 14.8. The molecule has 0 saturated heterocycles. The first-order chi connectivity index (χ1) is 18.9. The molecular weight excluding hydrogens is 535 g/mol. The quantitative estimate of drug-likeness (QED) is 0.131. The van der Waals surface area contributed by atoms with Gasteiger partial charge in [-0.15, -0.1) is 11.1 Å². The molecule has 200 valence electrons. The van der Waals surface area contributed by atoms with Crippen LogP contribution in [0, 0.1) is 23.6 Å². The van der Waals surface area contributed by atoms with Crippen LogP contribution in [0.4, 0.5) is 4.39 Å². The predicted molar refractivity (Wildman–Crippen MR) is 151 cm³/mol. The van der Waals surface area contributed by atoms with Crippen LogP contribution in [0.15, 0.2) is 53.6 Å². The molecule has 2 aromatic heterocycles. The summed E-state index contributed by atoms with van der Waals surface area (Å²) in [6.45, 7) is 3.83. The Kier molecular flexibility index (Phi) is 8.02. The Morgan fingerprint density at radius 1 is 1.28 bits per heavy atom. The minimum absolute atomic E-state index is 0.00277. The van der Waals surface area contributed by atoms with Crippen LogP contribution >= 0.6 is 11.3 Å². The van der Waals surface area contributed by atoms with E-state index in [-0.39, 0.29) is 11.5 Å². The van der Waals surface area contributed by atoms with Crippen LogP contribution in [0.3, 0.4) is 0 Å². The number of thiazole rings is 1. The number of aromatic nitrogens is 3. The average molecular weight is 564 g/mol. The first-order valence-electron chi connectivity index (χ1n) is 12.7. The fourth-order valence-electron chi connectivity index (χ4n) is 4.46. The van der Waals surface area contributed by atoms with Crippen molar-refractivity contribution in [1.82, 2.24) is 14.8 Å². The maximum absolute atomic E-state index is 14.7. The Balaban J connectivity index is 1.67. The molecule has 0 aliphatic heterocycles. The molecule has 0 bridgehead atoms. The normalized spacial score (nSPS) is 13.5. The van der Waals surface area contributed by atoms with Gasteiger partial charge in [-0.1, -0.05) is 39.7 Å². The van der Waals surface area contributed by atoms with Crippen molar-refractivity contribution in [2.24, 2.45) is 11.1 Å². The highest BCUT2D eigenvalue weighted by molar-refractivity contribution is 7.82. The fraction of sp³-hybridized carbons (Fsp3) is 0.276. The van der Waals surface area contributed by atoms with Crippen LogP contribution < -0.4 is 5.14 Å². The summed E-state index contributed by atoms with van der Waals surface area (Å²) in [6.07, 6.45) is 4.94. The van der Waals surface area contributed by atoms with Crippen LogP contribution in [0.2, 0.25) is 0 Å². The number of benzene rings is 2. The number of halogens is 1. The predicted octanol–water partition coefficient (Wildman–Crippen LogP) is 5.16. The van der Waals surface area contributed by atoms with Crippen LogP contribution in [-0.4, -0.2) is 27.3 Å². The molecule has 1 aliphatic rings. The highest BCUT2D eigenvalue weighted by Gasteiger charge is 2.29. The van der Waals surface area contributed by atoms with Gasteiger partial charge in [0.1, 0.15) is 4.88 Å². The zero-order valence-electron chi connectivity index (χ0n) is 21.6. The molecule has 1 saturated carbocycles. The monoisotopic (exact) mass is 563 g/mol. The molecule has 1 fully saturated rings. The molecular formula is C29H28FN4O3S2+. The van der Waals surface area contributed by atoms with Crippen LogP contribution in [-0.2, 0) is 32.8 Å². The third kappa shape index (κ3) is 6.01. The number of ether oxygens (including phenoxy) is 1. The summed E-state index contributed by atoms with van der Waals surface area (Å²) in [6, 6.07) is 12.5. The van der Waals surface area contributed by atoms with Crippen molar-refractivity contribution in [2.75, 3.05) is 6.61 Å². The summed E-state index contributed by atoms with van der Waals surface area (Å²) in [5.41, 5.74) is 5.11. The van der Waals surface area contributed by atoms with Gasteiger partial charge in [0.05, 0.1) is 24.2 Å². The Morgan fingerprint density at radius 3 is 2.79 bits per heavy atom. The van der Waals surface area contributed by atoms with Crippen molar-refractivity contribution in [2.45, 2.75) is 44.4 Å². The fourth-order valence-corrected chi connectivity index (χ4v) is 5.74. The maximum atomic E-state index is 14.7. The van der Waals surface area contributed by atoms with Crippen molar-refractivity contribution in [3.8, 4) is 28.2 Å². The minimum atomic E-state index is -2.28. The summed E-state index contributed by atoms with van der Waals surface area (Å²) in [5.74, 6) is 5.55. The summed E-state index contributed by atoms with van der Waals surface area (Å²) in [7, 11) is -2.28. The molecule has 39 heavy (non-hydrogen) atoms. The first kappa shape index (κ1) is 26.9. The van der Waals surface area contributed by atoms with Gasteiger partial charge >= 0.3 is 5.97 Å². The summed E-state index contributed by atoms with van der Waals surface area (Å²) >= 11 is 1.22. The zero-order chi connectivity index (χ0) is 27.5. The van der Waals surface area contributed by atoms with Gasteiger partial charge in [0.2, 0.25) is 10.0 Å². The van der Waals surface area contributed by atoms with Gasteiger partial charge in [0, 0.05) is 23.1 Å². The third-order valence-corrected chi connectivity index (χ3v) is 8.25. The SMILES string of the molecule is CC#Cc1cccc(-c2nn(-c3ncc(C(=O)OCC)s3)c(CC3CC3)c2Cc2ccc([SH+](N)=O)c(F)c2)c1. The van der Waals surface area contributed by atoms with E-state index in [9.17, 15) is 13.4 Å². The molecule has 4 aromatic rings. The summed E-state index contributed by atoms with van der Waals surface area (Å²) in [4.78, 5) is 17.3. The largest absolute Gasteiger partial charge is 0.462 e. The van der Waals surface area contributed by atoms with Crippen molar-refractivity contribution in [1.29, 1.82) is 0 Å². The Labute approximate surface area is 232 Å². The van der Waals surface area contributed by atoms with Gasteiger partial charge in [0.25, 0.3) is 0 Å². The van der Waals surface area contributed by atoms with E-state index in [1.165, 1.54) is 29.7 Å². The minimum Gasteiger partial charge on any atom is -0.462 e. The van der Waals surface area contributed by atoms with E-state index in [4.69, 9.17) is 15.0 Å². The average Bonchev–Trinajstić information content (AvgIpc) is 3.47. The van der Waals surface area contributed by atoms with E-state index in [1.807, 2.05) is 28.9 Å². The van der Waals surface area contributed by atoms with Gasteiger partial charge < -0.3 is 4.74 Å². The smallest absolute Gasteiger partial charge is 0.350 e. The Morgan fingerprint density at radius 2 is 2.10 bits per heavy atom. The van der Waals surface area contributed by atoms with Gasteiger partial charge in [0.15, 0.2) is 16.8 Å². The van der Waals surface area contributed by atoms with Gasteiger partial charge in [-0.25, -0.2) is 18.9 Å². The summed E-state index contributed by atoms with van der Waals surface area (Å²) < 4.78 is 33.4. The lowest BCUT2D eigenvalue weighted by Crippen LogP contribution is -2.06. The molecule has 1 atom stereocenters. The number of carbonyl (C=O) groups is 1. The number of hydrogen-bond acceptors (Lipinski definition) is 6. The lowest BCUT2D eigenvalue weighted by molar-refractivity contribution is 0.0532. The van der Waals surface area contributed by atoms with Crippen molar-refractivity contribution in [3.63, 3.8) is 0 Å². The second-order valence-corrected chi connectivity index (χ2v) is 11.4. The van der Waals surface area contributed by atoms with E-state index in [0.717, 1.165) is 47.3 Å². The molecule has 2 heterocycles. The molecule has 1 aliphatic carbocycles. The molecule has 7 nitrogen and oxygen atoms in total. The molecule has 5 rings (SSSR count). The highest BCUT2D eigenvalue weighted by Crippen LogP contribution is 2.38. The lowest BCUT2D eigenvalue weighted by atomic mass is 9.96. The second-order valence-electron chi connectivity index (χ2n) is 9.30. The van der Waals surface area contributed by atoms with Gasteiger partial charge in [-0.05, 0) is 68.9 Å². The van der Waals surface area contributed by atoms with Gasteiger partial charge in [-0.3, -0.25) is 0 Å². The number of thiol groups is 1. The number of nitrogens with zero attached hydrogens (tertiary/aromatic N) is 3. The van der Waals surface area contributed by atoms with E-state index < -0.39 is 22.8 Å². The molecule has 0 amide bonds. The molecule has 0 spiro atoms. The lowest BCUT2D eigenvalue weighted by Gasteiger charge is -2.09. The standard InChI is InChI=1S/C29H27FN4O3S2/c1-3-6-18-7-5-8-21(13-18)27-22(14-20-11-12-26(39(31)36)23(30)15-20)24(16-19-9-10-19)34(33-27)29-32-17-25(38-29)28(35)37-4-2/h5,7-8,11-13,15,17,19H,4,9-10,14,16H2,1-2H3,(H2,31,36)/p+1. The van der Waals surface area contributed by atoms with Crippen LogP contribution in [0.25, 0.3) is 16.4 Å². The third-order valence-electron chi connectivity index (χ3n) is 6.46. The maximum Gasteiger partial charge on any atom is 0.350 e.